The molecule has 13 heteroatoms. The Morgan fingerprint density at radius 2 is 0.901 bits per heavy atom. The summed E-state index contributed by atoms with van der Waals surface area (Å²) in [6, 6.07) is -0.858. The summed E-state index contributed by atoms with van der Waals surface area (Å²) in [5.74, 6) is -0.227. The van der Waals surface area contributed by atoms with E-state index in [-0.39, 0.29) is 12.5 Å². The van der Waals surface area contributed by atoms with E-state index in [2.05, 4.69) is 35.5 Å². The maximum absolute atomic E-state index is 13.2. The van der Waals surface area contributed by atoms with E-state index in [4.69, 9.17) is 9.47 Å². The summed E-state index contributed by atoms with van der Waals surface area (Å²) in [5.41, 5.74) is 0. The van der Waals surface area contributed by atoms with Crippen LogP contribution in [0, 0.1) is 0 Å². The van der Waals surface area contributed by atoms with E-state index < -0.39 is 59.9 Å². The molecule has 71 heavy (non-hydrogen) atoms. The van der Waals surface area contributed by atoms with Crippen molar-refractivity contribution < 1.29 is 51.8 Å². The lowest BCUT2D eigenvalue weighted by Gasteiger charge is -2.41. The Kier molecular flexibility index (Phi) is 46.3. The number of nitrogens with one attached hydrogen (secondary N) is 1. The molecule has 0 bridgehead atoms. The monoisotopic (exact) mass is 1030 g/mol. The number of ether oxygens (including phenoxy) is 2. The van der Waals surface area contributed by atoms with Gasteiger partial charge in [-0.1, -0.05) is 264 Å². The third kappa shape index (κ3) is 40.8. The first kappa shape index (κ1) is 67.9. The Hall–Kier alpha value is -1.16. The topological polar surface area (TPSA) is 192 Å². The summed E-state index contributed by atoms with van der Waals surface area (Å²) >= 11 is 0. The molecule has 1 fully saturated rings. The molecule has 0 aromatic rings. The average molecular weight is 1030 g/mol. The van der Waals surface area contributed by atoms with Crippen LogP contribution in [0.5, 0.6) is 0 Å². The molecular formula is C58H113NO11S. The second-order valence-electron chi connectivity index (χ2n) is 21.3. The lowest BCUT2D eigenvalue weighted by atomic mass is 9.99. The Labute approximate surface area is 436 Å². The summed E-state index contributed by atoms with van der Waals surface area (Å²) in [6.07, 6.45) is 49.3. The number of carbonyl (C=O) groups is 1. The number of aliphatic hydroxyl groups is 4. The number of carbonyl (C=O) groups excluding carboxylic acids is 1. The maximum atomic E-state index is 13.2. The van der Waals surface area contributed by atoms with Gasteiger partial charge in [-0.15, -0.1) is 0 Å². The molecule has 1 amide bonds. The minimum absolute atomic E-state index is 0.227. The molecular weight excluding hydrogens is 919 g/mol. The van der Waals surface area contributed by atoms with Crippen LogP contribution in [0.2, 0.25) is 0 Å². The van der Waals surface area contributed by atoms with E-state index in [1.54, 1.807) is 0 Å². The zero-order chi connectivity index (χ0) is 51.9. The van der Waals surface area contributed by atoms with Crippen molar-refractivity contribution in [2.45, 2.75) is 339 Å². The van der Waals surface area contributed by atoms with Gasteiger partial charge in [0.15, 0.2) is 6.29 Å². The molecule has 7 atom stereocenters. The van der Waals surface area contributed by atoms with E-state index in [9.17, 15) is 38.2 Å². The normalized spacial score (nSPS) is 19.5. The molecule has 7 unspecified atom stereocenters. The third-order valence-electron chi connectivity index (χ3n) is 14.6. The lowest BCUT2D eigenvalue weighted by molar-refractivity contribution is -0.298. The van der Waals surface area contributed by atoms with Crippen molar-refractivity contribution in [2.75, 3.05) is 13.2 Å². The predicted octanol–water partition coefficient (Wildman–Crippen LogP) is 14.2. The molecule has 0 saturated carbocycles. The van der Waals surface area contributed by atoms with Crippen LogP contribution in [-0.2, 0) is 28.9 Å². The number of hydrogen-bond acceptors (Lipinski definition) is 10. The first-order chi connectivity index (χ1) is 34.5. The van der Waals surface area contributed by atoms with Crippen molar-refractivity contribution in [3.05, 3.63) is 12.2 Å². The van der Waals surface area contributed by atoms with Crippen LogP contribution in [0.4, 0.5) is 0 Å². The first-order valence-corrected chi connectivity index (χ1v) is 31.4. The summed E-state index contributed by atoms with van der Waals surface area (Å²) in [7, 11) is -5.08. The number of amides is 1. The fourth-order valence-corrected chi connectivity index (χ4v) is 10.4. The average Bonchev–Trinajstić information content (AvgIpc) is 3.34. The van der Waals surface area contributed by atoms with Crippen molar-refractivity contribution in [3.63, 3.8) is 0 Å². The second kappa shape index (κ2) is 48.5. The molecule has 6 N–H and O–H groups in total. The van der Waals surface area contributed by atoms with Gasteiger partial charge in [0, 0.05) is 6.42 Å². The van der Waals surface area contributed by atoms with Gasteiger partial charge in [-0.05, 0) is 38.5 Å². The van der Waals surface area contributed by atoms with E-state index in [1.807, 2.05) is 0 Å². The molecule has 0 spiro atoms. The Balaban J connectivity index is 2.33. The molecule has 12 nitrogen and oxygen atoms in total. The van der Waals surface area contributed by atoms with Crippen LogP contribution in [-0.4, -0.2) is 95.4 Å². The highest BCUT2D eigenvalue weighted by atomic mass is 32.3. The van der Waals surface area contributed by atoms with Crippen LogP contribution >= 0.6 is 0 Å². The van der Waals surface area contributed by atoms with Gasteiger partial charge in [-0.2, -0.15) is 8.42 Å². The molecule has 0 radical (unpaired) electrons. The highest BCUT2D eigenvalue weighted by Gasteiger charge is 2.48. The zero-order valence-electron chi connectivity index (χ0n) is 45.8. The van der Waals surface area contributed by atoms with Crippen LogP contribution in [0.15, 0.2) is 12.2 Å². The molecule has 0 aromatic carbocycles. The smallest absolute Gasteiger partial charge is 0.394 e. The standard InChI is InChI=1S/C58H113NO11S/c1-3-5-7-9-11-13-15-17-19-21-23-25-26-27-28-30-32-34-36-38-40-42-44-46-48-54(62)59-51(50-68-58-56(64)57(70-71(65,66)67)55(63)53(49-60)69-58)52(61)47-45-43-41-39-37-35-33-31-29-24-22-20-18-16-14-12-10-8-6-4-2/h27-28,51-53,55-58,60-61,63-64H,3-26,29-50H2,1-2H3,(H,59,62)(H,65,66,67)/b28-27-. The SMILES string of the molecule is CCCCCCCCCCCCCC/C=C\CCCCCCCCCCC(=O)NC(COC1OC(CO)C(O)C(OS(=O)(=O)O)C1O)C(O)CCCCCCCCCCCCCCCCCCCCCC. The fraction of sp³-hybridized carbons (Fsp3) is 0.948. The van der Waals surface area contributed by atoms with Gasteiger partial charge in [-0.3, -0.25) is 9.35 Å². The van der Waals surface area contributed by atoms with Gasteiger partial charge in [0.25, 0.3) is 0 Å². The number of unbranched alkanes of at least 4 members (excludes halogenated alkanes) is 39. The number of allylic oxidation sites excluding steroid dienone is 2. The molecule has 1 rings (SSSR count). The molecule has 1 saturated heterocycles. The van der Waals surface area contributed by atoms with Gasteiger partial charge in [0.05, 0.1) is 25.4 Å². The van der Waals surface area contributed by atoms with Crippen LogP contribution in [0.25, 0.3) is 0 Å². The highest BCUT2D eigenvalue weighted by molar-refractivity contribution is 7.80. The van der Waals surface area contributed by atoms with Gasteiger partial charge >= 0.3 is 10.4 Å². The van der Waals surface area contributed by atoms with Crippen LogP contribution < -0.4 is 5.32 Å². The van der Waals surface area contributed by atoms with E-state index >= 15 is 0 Å². The number of hydrogen-bond donors (Lipinski definition) is 6. The molecule has 1 aliphatic heterocycles. The molecule has 0 aromatic heterocycles. The van der Waals surface area contributed by atoms with Crippen molar-refractivity contribution >= 4 is 16.3 Å². The van der Waals surface area contributed by atoms with Gasteiger partial charge < -0.3 is 35.2 Å². The van der Waals surface area contributed by atoms with Crippen molar-refractivity contribution in [1.29, 1.82) is 0 Å². The second-order valence-corrected chi connectivity index (χ2v) is 22.3. The fourth-order valence-electron chi connectivity index (χ4n) is 9.93. The first-order valence-electron chi connectivity index (χ1n) is 30.1. The quantitative estimate of drug-likeness (QED) is 0.0193. The number of rotatable bonds is 53. The van der Waals surface area contributed by atoms with Crippen molar-refractivity contribution in [3.8, 4) is 0 Å². The van der Waals surface area contributed by atoms with E-state index in [1.165, 1.54) is 212 Å². The van der Waals surface area contributed by atoms with E-state index in [0.717, 1.165) is 51.4 Å². The Bertz CT molecular complexity index is 1310. The molecule has 0 aliphatic carbocycles. The summed E-state index contributed by atoms with van der Waals surface area (Å²) in [4.78, 5) is 13.2. The molecule has 422 valence electrons. The van der Waals surface area contributed by atoms with E-state index in [0.29, 0.717) is 19.3 Å². The molecule has 1 aliphatic rings. The predicted molar refractivity (Wildman–Crippen MR) is 292 cm³/mol. The lowest BCUT2D eigenvalue weighted by Crippen LogP contribution is -2.61. The third-order valence-corrected chi connectivity index (χ3v) is 15.0. The number of aliphatic hydroxyl groups excluding tert-OH is 4. The highest BCUT2D eigenvalue weighted by Crippen LogP contribution is 2.26. The van der Waals surface area contributed by atoms with Gasteiger partial charge in [0.2, 0.25) is 5.91 Å². The van der Waals surface area contributed by atoms with Gasteiger partial charge in [0.1, 0.15) is 24.4 Å². The largest absolute Gasteiger partial charge is 0.397 e. The Morgan fingerprint density at radius 3 is 1.27 bits per heavy atom. The molecule has 1 heterocycles. The summed E-state index contributed by atoms with van der Waals surface area (Å²) in [6.45, 7) is 3.50. The van der Waals surface area contributed by atoms with Crippen molar-refractivity contribution in [1.82, 2.24) is 5.32 Å². The van der Waals surface area contributed by atoms with Crippen LogP contribution in [0.3, 0.4) is 0 Å². The maximum Gasteiger partial charge on any atom is 0.397 e. The summed E-state index contributed by atoms with van der Waals surface area (Å²) in [5, 5.41) is 45.2. The minimum Gasteiger partial charge on any atom is -0.394 e. The van der Waals surface area contributed by atoms with Gasteiger partial charge in [-0.25, -0.2) is 4.18 Å². The Morgan fingerprint density at radius 1 is 0.549 bits per heavy atom. The summed E-state index contributed by atoms with van der Waals surface area (Å²) < 4.78 is 48.0. The zero-order valence-corrected chi connectivity index (χ0v) is 46.6. The minimum atomic E-state index is -5.08. The van der Waals surface area contributed by atoms with Crippen molar-refractivity contribution in [2.24, 2.45) is 0 Å². The van der Waals surface area contributed by atoms with Crippen LogP contribution in [0.1, 0.15) is 296 Å².